The Balaban J connectivity index is 1.90. The molecular weight excluding hydrogens is 300 g/mol. The number of rotatable bonds is 3. The largest absolute Gasteiger partial charge is 0.478 e. The average molecular weight is 318 g/mol. The second-order valence-electron chi connectivity index (χ2n) is 5.74. The number of carbonyl (C=O) groups is 2. The smallest absolute Gasteiger partial charge is 0.420 e. The second kappa shape index (κ2) is 6.28. The summed E-state index contributed by atoms with van der Waals surface area (Å²) >= 11 is 0. The fourth-order valence-corrected chi connectivity index (χ4v) is 2.90. The number of oxazole rings is 1. The summed E-state index contributed by atoms with van der Waals surface area (Å²) in [6.45, 7) is 1.27. The molecule has 0 bridgehead atoms. The molecule has 1 fully saturated rings. The Labute approximate surface area is 132 Å². The number of carboxylic acid groups (broad SMARTS) is 1. The van der Waals surface area contributed by atoms with Crippen molar-refractivity contribution >= 4 is 23.0 Å². The summed E-state index contributed by atoms with van der Waals surface area (Å²) in [7, 11) is 0. The predicted molar refractivity (Wildman–Crippen MR) is 82.5 cm³/mol. The number of fused-ring (bicyclic) bond motifs is 1. The third-order valence-corrected chi connectivity index (χ3v) is 4.17. The number of carboxylic acids is 1. The van der Waals surface area contributed by atoms with Gasteiger partial charge < -0.3 is 14.4 Å². The average Bonchev–Trinajstić information content (AvgIpc) is 2.72. The first-order chi connectivity index (χ1) is 11.1. The zero-order valence-corrected chi connectivity index (χ0v) is 12.7. The highest BCUT2D eigenvalue weighted by Crippen LogP contribution is 2.16. The SMILES string of the molecule is O=C(O)c1ccc2oc(=O)n(CC(=O)N3CCCCCC3)c2c1. The topological polar surface area (TPSA) is 92.7 Å². The Bertz CT molecular complexity index is 796. The van der Waals surface area contributed by atoms with Crippen molar-refractivity contribution < 1.29 is 19.1 Å². The van der Waals surface area contributed by atoms with Crippen molar-refractivity contribution in [1.82, 2.24) is 9.47 Å². The van der Waals surface area contributed by atoms with E-state index in [1.807, 2.05) is 0 Å². The summed E-state index contributed by atoms with van der Waals surface area (Å²) < 4.78 is 6.29. The number of likely N-dealkylation sites (tertiary alicyclic amines) is 1. The molecule has 0 spiro atoms. The molecule has 23 heavy (non-hydrogen) atoms. The molecule has 1 saturated heterocycles. The number of carbonyl (C=O) groups excluding carboxylic acids is 1. The van der Waals surface area contributed by atoms with E-state index in [0.29, 0.717) is 18.6 Å². The molecule has 7 heteroatoms. The Kier molecular flexibility index (Phi) is 4.18. The van der Waals surface area contributed by atoms with E-state index in [4.69, 9.17) is 9.52 Å². The third kappa shape index (κ3) is 3.13. The lowest BCUT2D eigenvalue weighted by molar-refractivity contribution is -0.131. The molecule has 0 aliphatic carbocycles. The van der Waals surface area contributed by atoms with Crippen LogP contribution in [0.3, 0.4) is 0 Å². The third-order valence-electron chi connectivity index (χ3n) is 4.17. The highest BCUT2D eigenvalue weighted by Gasteiger charge is 2.19. The molecule has 1 aromatic heterocycles. The lowest BCUT2D eigenvalue weighted by Gasteiger charge is -2.20. The van der Waals surface area contributed by atoms with Crippen LogP contribution in [-0.4, -0.2) is 39.5 Å². The maximum Gasteiger partial charge on any atom is 0.420 e. The molecular formula is C16H18N2O5. The summed E-state index contributed by atoms with van der Waals surface area (Å²) in [5.74, 6) is -1.88. The van der Waals surface area contributed by atoms with Gasteiger partial charge in [-0.25, -0.2) is 9.59 Å². The monoisotopic (exact) mass is 318 g/mol. The van der Waals surface area contributed by atoms with Gasteiger partial charge in [-0.05, 0) is 31.0 Å². The summed E-state index contributed by atoms with van der Waals surface area (Å²) in [6, 6.07) is 4.17. The van der Waals surface area contributed by atoms with Crippen LogP contribution in [0.5, 0.6) is 0 Å². The van der Waals surface area contributed by atoms with E-state index in [1.54, 1.807) is 4.90 Å². The molecule has 7 nitrogen and oxygen atoms in total. The summed E-state index contributed by atoms with van der Waals surface area (Å²) in [5, 5.41) is 9.07. The van der Waals surface area contributed by atoms with Crippen LogP contribution in [0, 0.1) is 0 Å². The van der Waals surface area contributed by atoms with Gasteiger partial charge in [0.2, 0.25) is 5.91 Å². The van der Waals surface area contributed by atoms with Crippen molar-refractivity contribution in [2.45, 2.75) is 32.2 Å². The maximum atomic E-state index is 12.4. The number of benzene rings is 1. The zero-order valence-electron chi connectivity index (χ0n) is 12.7. The standard InChI is InChI=1S/C16H18N2O5/c19-14(17-7-3-1-2-4-8-17)10-18-12-9-11(15(20)21)5-6-13(12)23-16(18)22/h5-6,9H,1-4,7-8,10H2,(H,20,21). The van der Waals surface area contributed by atoms with Crippen molar-refractivity contribution in [3.8, 4) is 0 Å². The molecule has 3 rings (SSSR count). The minimum Gasteiger partial charge on any atom is -0.478 e. The van der Waals surface area contributed by atoms with Crippen molar-refractivity contribution in [3.05, 3.63) is 34.3 Å². The van der Waals surface area contributed by atoms with E-state index >= 15 is 0 Å². The molecule has 1 N–H and O–H groups in total. The van der Waals surface area contributed by atoms with E-state index in [9.17, 15) is 14.4 Å². The Hall–Kier alpha value is -2.57. The molecule has 0 radical (unpaired) electrons. The minimum atomic E-state index is -1.09. The molecule has 122 valence electrons. The first kappa shape index (κ1) is 15.3. The quantitative estimate of drug-likeness (QED) is 0.929. The minimum absolute atomic E-state index is 0.0503. The van der Waals surface area contributed by atoms with Gasteiger partial charge in [0.1, 0.15) is 6.54 Å². The predicted octanol–water partition coefficient (Wildman–Crippen LogP) is 1.70. The van der Waals surface area contributed by atoms with Gasteiger partial charge in [0.25, 0.3) is 0 Å². The van der Waals surface area contributed by atoms with E-state index in [2.05, 4.69) is 0 Å². The zero-order chi connectivity index (χ0) is 16.4. The van der Waals surface area contributed by atoms with Gasteiger partial charge >= 0.3 is 11.7 Å². The fraction of sp³-hybridized carbons (Fsp3) is 0.438. The van der Waals surface area contributed by atoms with Gasteiger partial charge in [-0.3, -0.25) is 9.36 Å². The number of hydrogen-bond donors (Lipinski definition) is 1. The van der Waals surface area contributed by atoms with Gasteiger partial charge in [-0.2, -0.15) is 0 Å². The molecule has 0 saturated carbocycles. The van der Waals surface area contributed by atoms with Crippen LogP contribution in [0.25, 0.3) is 11.1 Å². The normalized spacial score (nSPS) is 15.6. The summed E-state index contributed by atoms with van der Waals surface area (Å²) in [5.41, 5.74) is 0.663. The molecule has 1 aromatic carbocycles. The maximum absolute atomic E-state index is 12.4. The molecule has 0 unspecified atom stereocenters. The van der Waals surface area contributed by atoms with Crippen molar-refractivity contribution in [2.75, 3.05) is 13.1 Å². The Morgan fingerprint density at radius 3 is 2.48 bits per heavy atom. The molecule has 2 heterocycles. The van der Waals surface area contributed by atoms with E-state index < -0.39 is 11.7 Å². The van der Waals surface area contributed by atoms with Crippen LogP contribution >= 0.6 is 0 Å². The van der Waals surface area contributed by atoms with Crippen LogP contribution < -0.4 is 5.76 Å². The van der Waals surface area contributed by atoms with E-state index in [-0.39, 0.29) is 23.6 Å². The summed E-state index contributed by atoms with van der Waals surface area (Å²) in [4.78, 5) is 37.3. The van der Waals surface area contributed by atoms with Crippen LogP contribution in [0.1, 0.15) is 36.0 Å². The number of hydrogen-bond acceptors (Lipinski definition) is 4. The van der Waals surface area contributed by atoms with Gasteiger partial charge in [0.05, 0.1) is 11.1 Å². The molecule has 0 atom stereocenters. The Morgan fingerprint density at radius 2 is 1.83 bits per heavy atom. The van der Waals surface area contributed by atoms with Crippen LogP contribution in [0.15, 0.2) is 27.4 Å². The molecule has 1 aliphatic rings. The first-order valence-electron chi connectivity index (χ1n) is 7.71. The second-order valence-corrected chi connectivity index (χ2v) is 5.74. The first-order valence-corrected chi connectivity index (χ1v) is 7.71. The van der Waals surface area contributed by atoms with Crippen LogP contribution in [0.4, 0.5) is 0 Å². The van der Waals surface area contributed by atoms with E-state index in [0.717, 1.165) is 25.7 Å². The highest BCUT2D eigenvalue weighted by molar-refractivity contribution is 5.92. The van der Waals surface area contributed by atoms with Gasteiger partial charge in [0.15, 0.2) is 5.58 Å². The van der Waals surface area contributed by atoms with Crippen LogP contribution in [0.2, 0.25) is 0 Å². The highest BCUT2D eigenvalue weighted by atomic mass is 16.4. The molecule has 2 aromatic rings. The molecule has 1 amide bonds. The number of aromatic nitrogens is 1. The number of nitrogens with zero attached hydrogens (tertiary/aromatic N) is 2. The molecule has 1 aliphatic heterocycles. The fourth-order valence-electron chi connectivity index (χ4n) is 2.90. The van der Waals surface area contributed by atoms with Gasteiger partial charge in [-0.1, -0.05) is 12.8 Å². The van der Waals surface area contributed by atoms with Crippen molar-refractivity contribution in [2.24, 2.45) is 0 Å². The van der Waals surface area contributed by atoms with Crippen molar-refractivity contribution in [3.63, 3.8) is 0 Å². The lowest BCUT2D eigenvalue weighted by atomic mass is 10.2. The summed E-state index contributed by atoms with van der Waals surface area (Å²) in [6.07, 6.45) is 4.16. The van der Waals surface area contributed by atoms with Gasteiger partial charge in [-0.15, -0.1) is 0 Å². The van der Waals surface area contributed by atoms with Crippen LogP contribution in [-0.2, 0) is 11.3 Å². The number of amides is 1. The van der Waals surface area contributed by atoms with Gasteiger partial charge in [0, 0.05) is 13.1 Å². The van der Waals surface area contributed by atoms with E-state index in [1.165, 1.54) is 22.8 Å². The number of aromatic carboxylic acids is 1. The lowest BCUT2D eigenvalue weighted by Crippen LogP contribution is -2.36. The Morgan fingerprint density at radius 1 is 1.13 bits per heavy atom. The van der Waals surface area contributed by atoms with Crippen molar-refractivity contribution in [1.29, 1.82) is 0 Å².